The van der Waals surface area contributed by atoms with Gasteiger partial charge in [0.2, 0.25) is 0 Å². The van der Waals surface area contributed by atoms with Gasteiger partial charge in [-0.1, -0.05) is 31.2 Å². The van der Waals surface area contributed by atoms with Crippen molar-refractivity contribution in [1.29, 1.82) is 0 Å². The summed E-state index contributed by atoms with van der Waals surface area (Å²) in [4.78, 5) is 0. The molecule has 0 saturated heterocycles. The van der Waals surface area contributed by atoms with E-state index in [2.05, 4.69) is 19.1 Å². The molecule has 0 fully saturated rings. The van der Waals surface area contributed by atoms with Crippen molar-refractivity contribution >= 4 is 18.9 Å². The van der Waals surface area contributed by atoms with Crippen LogP contribution < -0.4 is 0 Å². The van der Waals surface area contributed by atoms with E-state index in [1.165, 1.54) is 5.56 Å². The quantitative estimate of drug-likeness (QED) is 0.483. The van der Waals surface area contributed by atoms with Crippen molar-refractivity contribution in [2.75, 3.05) is 0 Å². The first-order valence-corrected chi connectivity index (χ1v) is 2.89. The van der Waals surface area contributed by atoms with Gasteiger partial charge in [0, 0.05) is 0 Å². The Morgan fingerprint density at radius 2 is 2.22 bits per heavy atom. The van der Waals surface area contributed by atoms with Crippen molar-refractivity contribution in [2.45, 2.75) is 13.3 Å². The molecule has 1 aromatic rings. The van der Waals surface area contributed by atoms with Crippen LogP contribution in [0.25, 0.3) is 0 Å². The Hall–Kier alpha value is -0.183. The average Bonchev–Trinajstić information content (AvgIpc) is 1.90. The van der Waals surface area contributed by atoms with Gasteiger partial charge in [-0.15, -0.1) is 0 Å². The van der Waals surface area contributed by atoms with Crippen LogP contribution in [0.5, 0.6) is 0 Å². The van der Waals surface area contributed by atoms with E-state index in [4.69, 9.17) is 0 Å². The van der Waals surface area contributed by atoms with E-state index >= 15 is 0 Å². The van der Waals surface area contributed by atoms with Gasteiger partial charge < -0.3 is 0 Å². The summed E-state index contributed by atoms with van der Waals surface area (Å²) in [6.07, 6.45) is 1.08. The Bertz CT molecular complexity index is 146. The standard InChI is InChI=1S/C8H9.Li.H/c1-2-8-6-4-3-5-7-8;;/h3-6H,2H2,1H3;;. The first-order valence-electron chi connectivity index (χ1n) is 2.89. The van der Waals surface area contributed by atoms with Gasteiger partial charge in [0.15, 0.2) is 0 Å². The zero-order chi connectivity index (χ0) is 5.82. The molecule has 1 heteroatoms. The average molecular weight is 113 g/mol. The van der Waals surface area contributed by atoms with Crippen LogP contribution >= 0.6 is 0 Å². The van der Waals surface area contributed by atoms with Crippen LogP contribution in [0, 0.1) is 6.07 Å². The SMILES string of the molecule is CCc1[c]cccc1.[LiH]. The van der Waals surface area contributed by atoms with Gasteiger partial charge in [0.25, 0.3) is 0 Å². The van der Waals surface area contributed by atoms with Crippen LogP contribution in [-0.2, 0) is 6.42 Å². The zero-order valence-corrected chi connectivity index (χ0v) is 5.02. The molecular formula is C8H10Li. The molecule has 0 aliphatic carbocycles. The van der Waals surface area contributed by atoms with Crippen molar-refractivity contribution in [1.82, 2.24) is 0 Å². The molecule has 0 aliphatic rings. The van der Waals surface area contributed by atoms with Gasteiger partial charge in [0.1, 0.15) is 0 Å². The van der Waals surface area contributed by atoms with E-state index in [9.17, 15) is 0 Å². The maximum atomic E-state index is 3.12. The van der Waals surface area contributed by atoms with Gasteiger partial charge in [-0.25, -0.2) is 0 Å². The Labute approximate surface area is 68.5 Å². The van der Waals surface area contributed by atoms with Crippen LogP contribution in [0.4, 0.5) is 0 Å². The molecule has 0 aromatic heterocycles. The number of rotatable bonds is 1. The molecule has 0 aliphatic heterocycles. The van der Waals surface area contributed by atoms with E-state index in [1.54, 1.807) is 0 Å². The normalized spacial score (nSPS) is 8.11. The third-order valence-corrected chi connectivity index (χ3v) is 1.15. The number of benzene rings is 1. The van der Waals surface area contributed by atoms with Crippen molar-refractivity contribution in [2.24, 2.45) is 0 Å². The second kappa shape index (κ2) is 4.67. The molecule has 0 heterocycles. The summed E-state index contributed by atoms with van der Waals surface area (Å²) in [5.74, 6) is 0. The van der Waals surface area contributed by atoms with Crippen LogP contribution in [-0.4, -0.2) is 18.9 Å². The first-order chi connectivity index (χ1) is 3.93. The fraction of sp³-hybridized carbons (Fsp3) is 0.250. The predicted octanol–water partition coefficient (Wildman–Crippen LogP) is 1.40. The van der Waals surface area contributed by atoms with Gasteiger partial charge >= 0.3 is 18.9 Å². The third kappa shape index (κ3) is 2.74. The number of hydrogen-bond acceptors (Lipinski definition) is 0. The van der Waals surface area contributed by atoms with E-state index in [-0.39, 0.29) is 18.9 Å². The topological polar surface area (TPSA) is 0 Å². The Kier molecular flexibility index (Phi) is 4.58. The second-order valence-corrected chi connectivity index (χ2v) is 1.74. The predicted molar refractivity (Wildman–Crippen MR) is 41.8 cm³/mol. The molecule has 1 aromatic carbocycles. The molecule has 0 spiro atoms. The van der Waals surface area contributed by atoms with Crippen LogP contribution in [0.3, 0.4) is 0 Å². The summed E-state index contributed by atoms with van der Waals surface area (Å²) < 4.78 is 0. The van der Waals surface area contributed by atoms with Gasteiger partial charge in [-0.3, -0.25) is 0 Å². The van der Waals surface area contributed by atoms with Crippen molar-refractivity contribution < 1.29 is 0 Å². The molecule has 0 saturated carbocycles. The monoisotopic (exact) mass is 113 g/mol. The van der Waals surface area contributed by atoms with Crippen molar-refractivity contribution in [3.8, 4) is 0 Å². The minimum absolute atomic E-state index is 0. The van der Waals surface area contributed by atoms with Gasteiger partial charge in [-0.05, 0) is 18.1 Å². The fourth-order valence-electron chi connectivity index (χ4n) is 0.650. The Balaban J connectivity index is 0.000000640. The number of aryl methyl sites for hydroxylation is 1. The summed E-state index contributed by atoms with van der Waals surface area (Å²) in [5.41, 5.74) is 1.28. The minimum atomic E-state index is 0. The zero-order valence-electron chi connectivity index (χ0n) is 5.02. The second-order valence-electron chi connectivity index (χ2n) is 1.74. The molecule has 0 atom stereocenters. The van der Waals surface area contributed by atoms with E-state index in [1.807, 2.05) is 18.2 Å². The van der Waals surface area contributed by atoms with Gasteiger partial charge in [0.05, 0.1) is 0 Å². The molecule has 0 N–H and O–H groups in total. The fourth-order valence-corrected chi connectivity index (χ4v) is 0.650. The Morgan fingerprint density at radius 1 is 1.44 bits per heavy atom. The number of hydrogen-bond donors (Lipinski definition) is 0. The summed E-state index contributed by atoms with van der Waals surface area (Å²) in [6, 6.07) is 11.2. The van der Waals surface area contributed by atoms with Crippen molar-refractivity contribution in [3.63, 3.8) is 0 Å². The molecule has 0 unspecified atom stereocenters. The molecule has 0 amide bonds. The van der Waals surface area contributed by atoms with Crippen LogP contribution in [0.2, 0.25) is 0 Å². The summed E-state index contributed by atoms with van der Waals surface area (Å²) in [6.45, 7) is 2.13. The summed E-state index contributed by atoms with van der Waals surface area (Å²) in [5, 5.41) is 0. The van der Waals surface area contributed by atoms with E-state index < -0.39 is 0 Å². The third-order valence-electron chi connectivity index (χ3n) is 1.15. The summed E-state index contributed by atoms with van der Waals surface area (Å²) in [7, 11) is 0. The van der Waals surface area contributed by atoms with Crippen LogP contribution in [0.1, 0.15) is 12.5 Å². The van der Waals surface area contributed by atoms with E-state index in [0.717, 1.165) is 6.42 Å². The van der Waals surface area contributed by atoms with Crippen molar-refractivity contribution in [3.05, 3.63) is 35.9 Å². The molecule has 1 rings (SSSR count). The molecular weight excluding hydrogens is 103 g/mol. The molecule has 0 nitrogen and oxygen atoms in total. The first kappa shape index (κ1) is 8.82. The molecule has 1 radical (unpaired) electrons. The molecule has 9 heavy (non-hydrogen) atoms. The molecule has 43 valence electrons. The molecule has 0 bridgehead atoms. The van der Waals surface area contributed by atoms with Crippen LogP contribution in [0.15, 0.2) is 24.3 Å². The maximum absolute atomic E-state index is 3.12. The van der Waals surface area contributed by atoms with E-state index in [0.29, 0.717) is 0 Å². The Morgan fingerprint density at radius 3 is 2.56 bits per heavy atom. The van der Waals surface area contributed by atoms with Gasteiger partial charge in [-0.2, -0.15) is 0 Å². The summed E-state index contributed by atoms with van der Waals surface area (Å²) >= 11 is 0.